The van der Waals surface area contributed by atoms with Gasteiger partial charge in [-0.2, -0.15) is 0 Å². The molecule has 1 rings (SSSR count). The first kappa shape index (κ1) is 23.1. The Kier molecular flexibility index (Phi) is 11.3. The Morgan fingerprint density at radius 3 is 2.41 bits per heavy atom. The lowest BCUT2D eigenvalue weighted by Crippen LogP contribution is -2.18. The molecule has 0 aromatic heterocycles. The Hall–Kier alpha value is -1.98. The van der Waals surface area contributed by atoms with E-state index in [2.05, 4.69) is 0 Å². The summed E-state index contributed by atoms with van der Waals surface area (Å²) in [6.45, 7) is 1.88. The van der Waals surface area contributed by atoms with Crippen LogP contribution in [0.4, 0.5) is 0 Å². The Morgan fingerprint density at radius 1 is 1.15 bits per heavy atom. The number of allylic oxidation sites excluding steroid dienone is 6. The Bertz CT molecular complexity index is 573. The average molecular weight is 376 g/mol. The molecule has 150 valence electrons. The van der Waals surface area contributed by atoms with Crippen LogP contribution in [0.25, 0.3) is 0 Å². The number of aliphatic hydroxyl groups is 2. The summed E-state index contributed by atoms with van der Waals surface area (Å²) in [7, 11) is 0. The van der Waals surface area contributed by atoms with Crippen molar-refractivity contribution >= 4 is 11.8 Å². The number of ketones is 1. The van der Waals surface area contributed by atoms with Crippen LogP contribution in [0, 0.1) is 11.8 Å². The Labute approximate surface area is 161 Å². The standard InChI is InChI=1S/C22H32O5/c1-2-17(23)14-15-19-18(20(24)16-21(19)25)12-10-8-6-4-3-5-7-9-11-13-22(26)27/h3-4,7-10,14-15,17-19,21,23,25H,2,5-6,11-13,16H2,1H3,(H,26,27)/b4-3-,9-7-,10-8-,15-14+/t17-,18+,19+,21-/m0/s1. The van der Waals surface area contributed by atoms with Crippen LogP contribution in [-0.2, 0) is 9.59 Å². The van der Waals surface area contributed by atoms with Crippen molar-refractivity contribution in [3.8, 4) is 0 Å². The third-order valence-electron chi connectivity index (χ3n) is 4.67. The predicted molar refractivity (Wildman–Crippen MR) is 106 cm³/mol. The summed E-state index contributed by atoms with van der Waals surface area (Å²) in [4.78, 5) is 22.5. The van der Waals surface area contributed by atoms with Gasteiger partial charge in [-0.3, -0.25) is 9.59 Å². The van der Waals surface area contributed by atoms with E-state index in [1.807, 2.05) is 43.4 Å². The number of carbonyl (C=O) groups is 2. The molecule has 0 radical (unpaired) electrons. The van der Waals surface area contributed by atoms with Crippen LogP contribution in [0.2, 0.25) is 0 Å². The van der Waals surface area contributed by atoms with Crippen molar-refractivity contribution in [2.24, 2.45) is 11.8 Å². The second-order valence-corrected chi connectivity index (χ2v) is 6.84. The molecule has 0 spiro atoms. The first-order chi connectivity index (χ1) is 13.0. The van der Waals surface area contributed by atoms with Crippen LogP contribution in [0.15, 0.2) is 48.6 Å². The topological polar surface area (TPSA) is 94.8 Å². The summed E-state index contributed by atoms with van der Waals surface area (Å²) in [5, 5.41) is 28.2. The molecule has 0 bridgehead atoms. The fraction of sp³-hybridized carbons (Fsp3) is 0.545. The maximum Gasteiger partial charge on any atom is 0.303 e. The number of carboxylic acid groups (broad SMARTS) is 1. The molecular formula is C22H32O5. The molecule has 1 saturated carbocycles. The van der Waals surface area contributed by atoms with Gasteiger partial charge in [0, 0.05) is 24.7 Å². The van der Waals surface area contributed by atoms with Gasteiger partial charge in [-0.1, -0.05) is 55.5 Å². The molecule has 0 saturated heterocycles. The molecule has 5 heteroatoms. The van der Waals surface area contributed by atoms with Gasteiger partial charge in [0.15, 0.2) is 0 Å². The van der Waals surface area contributed by atoms with E-state index in [0.717, 1.165) is 12.8 Å². The number of hydrogen-bond acceptors (Lipinski definition) is 4. The fourth-order valence-corrected chi connectivity index (χ4v) is 3.03. The Balaban J connectivity index is 2.35. The second kappa shape index (κ2) is 13.2. The fourth-order valence-electron chi connectivity index (χ4n) is 3.03. The van der Waals surface area contributed by atoms with Crippen LogP contribution in [0.3, 0.4) is 0 Å². The minimum atomic E-state index is -0.784. The molecule has 4 atom stereocenters. The first-order valence-electron chi connectivity index (χ1n) is 9.69. The van der Waals surface area contributed by atoms with E-state index < -0.39 is 18.2 Å². The summed E-state index contributed by atoms with van der Waals surface area (Å²) >= 11 is 0. The van der Waals surface area contributed by atoms with Gasteiger partial charge in [0.1, 0.15) is 5.78 Å². The summed E-state index contributed by atoms with van der Waals surface area (Å²) in [6, 6.07) is 0. The van der Waals surface area contributed by atoms with Crippen molar-refractivity contribution in [3.05, 3.63) is 48.6 Å². The molecular weight excluding hydrogens is 344 g/mol. The largest absolute Gasteiger partial charge is 0.481 e. The van der Waals surface area contributed by atoms with Gasteiger partial charge in [0.2, 0.25) is 0 Å². The van der Waals surface area contributed by atoms with Crippen molar-refractivity contribution in [3.63, 3.8) is 0 Å². The predicted octanol–water partition coefficient (Wildman–Crippen LogP) is 3.58. The zero-order valence-corrected chi connectivity index (χ0v) is 16.0. The quantitative estimate of drug-likeness (QED) is 0.453. The number of carbonyl (C=O) groups excluding carboxylic acids is 1. The molecule has 0 aliphatic heterocycles. The third kappa shape index (κ3) is 9.50. The number of aliphatic carboxylic acids is 1. The number of Topliss-reactive ketones (excluding diaryl/α,β-unsaturated/α-hetero) is 1. The van der Waals surface area contributed by atoms with Gasteiger partial charge in [-0.05, 0) is 32.1 Å². The van der Waals surface area contributed by atoms with Crippen molar-refractivity contribution < 1.29 is 24.9 Å². The smallest absolute Gasteiger partial charge is 0.303 e. The molecule has 1 aliphatic carbocycles. The summed E-state index contributed by atoms with van der Waals surface area (Å²) in [6.07, 6.45) is 17.7. The second-order valence-electron chi connectivity index (χ2n) is 6.84. The number of aliphatic hydroxyl groups excluding tert-OH is 2. The Morgan fingerprint density at radius 2 is 1.78 bits per heavy atom. The molecule has 0 aromatic carbocycles. The molecule has 0 heterocycles. The summed E-state index contributed by atoms with van der Waals surface area (Å²) in [5.74, 6) is -1.16. The molecule has 0 unspecified atom stereocenters. The van der Waals surface area contributed by atoms with E-state index in [4.69, 9.17) is 5.11 Å². The zero-order valence-electron chi connectivity index (χ0n) is 16.0. The monoisotopic (exact) mass is 376 g/mol. The van der Waals surface area contributed by atoms with E-state index in [-0.39, 0.29) is 30.5 Å². The van der Waals surface area contributed by atoms with E-state index in [1.165, 1.54) is 0 Å². The molecule has 27 heavy (non-hydrogen) atoms. The number of hydrogen-bond donors (Lipinski definition) is 3. The van der Waals surface area contributed by atoms with Crippen molar-refractivity contribution in [2.45, 2.75) is 64.1 Å². The van der Waals surface area contributed by atoms with Crippen molar-refractivity contribution in [2.75, 3.05) is 0 Å². The highest BCUT2D eigenvalue weighted by molar-refractivity contribution is 5.84. The molecule has 0 amide bonds. The van der Waals surface area contributed by atoms with Gasteiger partial charge < -0.3 is 15.3 Å². The molecule has 1 aliphatic rings. The highest BCUT2D eigenvalue weighted by Gasteiger charge is 2.39. The lowest BCUT2D eigenvalue weighted by molar-refractivity contribution is -0.136. The number of carboxylic acids is 1. The van der Waals surface area contributed by atoms with E-state index in [0.29, 0.717) is 19.3 Å². The van der Waals surface area contributed by atoms with Crippen LogP contribution < -0.4 is 0 Å². The lowest BCUT2D eigenvalue weighted by Gasteiger charge is -2.16. The molecule has 5 nitrogen and oxygen atoms in total. The third-order valence-corrected chi connectivity index (χ3v) is 4.67. The zero-order chi connectivity index (χ0) is 20.1. The van der Waals surface area contributed by atoms with Crippen LogP contribution in [0.5, 0.6) is 0 Å². The van der Waals surface area contributed by atoms with E-state index in [1.54, 1.807) is 12.2 Å². The molecule has 3 N–H and O–H groups in total. The highest BCUT2D eigenvalue weighted by atomic mass is 16.4. The number of rotatable bonds is 12. The lowest BCUT2D eigenvalue weighted by atomic mass is 9.90. The first-order valence-corrected chi connectivity index (χ1v) is 9.69. The van der Waals surface area contributed by atoms with E-state index in [9.17, 15) is 19.8 Å². The molecule has 0 aromatic rings. The van der Waals surface area contributed by atoms with Crippen molar-refractivity contribution in [1.29, 1.82) is 0 Å². The maximum atomic E-state index is 12.1. The van der Waals surface area contributed by atoms with Gasteiger partial charge in [-0.15, -0.1) is 0 Å². The summed E-state index contributed by atoms with van der Waals surface area (Å²) < 4.78 is 0. The minimum Gasteiger partial charge on any atom is -0.481 e. The van der Waals surface area contributed by atoms with Gasteiger partial charge >= 0.3 is 5.97 Å². The van der Waals surface area contributed by atoms with Crippen LogP contribution in [-0.4, -0.2) is 39.3 Å². The van der Waals surface area contributed by atoms with Crippen LogP contribution in [0.1, 0.15) is 51.9 Å². The van der Waals surface area contributed by atoms with Crippen LogP contribution >= 0.6 is 0 Å². The minimum absolute atomic E-state index is 0.0785. The average Bonchev–Trinajstić information content (AvgIpc) is 2.90. The van der Waals surface area contributed by atoms with Gasteiger partial charge in [0.05, 0.1) is 12.2 Å². The maximum absolute atomic E-state index is 12.1. The molecule has 1 fully saturated rings. The normalized spacial score (nSPS) is 24.9. The van der Waals surface area contributed by atoms with Gasteiger partial charge in [-0.25, -0.2) is 0 Å². The highest BCUT2D eigenvalue weighted by Crippen LogP contribution is 2.33. The van der Waals surface area contributed by atoms with Gasteiger partial charge in [0.25, 0.3) is 0 Å². The SMILES string of the molecule is CC[C@H](O)/C=C/[C@H]1[C@@H](O)CC(=O)[C@@H]1C/C=C\C/C=C\C/C=C\CCC(=O)O. The summed E-state index contributed by atoms with van der Waals surface area (Å²) in [5.41, 5.74) is 0. The van der Waals surface area contributed by atoms with E-state index >= 15 is 0 Å². The van der Waals surface area contributed by atoms with Crippen molar-refractivity contribution in [1.82, 2.24) is 0 Å².